The smallest absolute Gasteiger partial charge is 0.321 e. The number of ether oxygens (including phenoxy) is 3. The molecule has 0 amide bonds. The van der Waals surface area contributed by atoms with Crippen LogP contribution in [0.3, 0.4) is 0 Å². The first-order chi connectivity index (χ1) is 17.2. The zero-order valence-corrected chi connectivity index (χ0v) is 22.8. The number of anilines is 1. The largest absolute Gasteiger partial charge is 0.497 e. The lowest BCUT2D eigenvalue weighted by atomic mass is 9.95. The fourth-order valence-corrected chi connectivity index (χ4v) is 5.07. The van der Waals surface area contributed by atoms with Crippen LogP contribution in [0.5, 0.6) is 5.75 Å². The minimum absolute atomic E-state index is 0. The van der Waals surface area contributed by atoms with Crippen molar-refractivity contribution in [3.63, 3.8) is 0 Å². The van der Waals surface area contributed by atoms with Crippen LogP contribution in [0.1, 0.15) is 23.8 Å². The van der Waals surface area contributed by atoms with Crippen molar-refractivity contribution in [2.45, 2.75) is 24.2 Å². The molecule has 1 saturated heterocycles. The monoisotopic (exact) mass is 544 g/mol. The van der Waals surface area contributed by atoms with Crippen LogP contribution < -0.4 is 9.64 Å². The Kier molecular flexibility index (Phi) is 9.85. The Morgan fingerprint density at radius 1 is 0.838 bits per heavy atom. The Balaban J connectivity index is 0.00000190. The van der Waals surface area contributed by atoms with E-state index in [2.05, 4.69) is 34.1 Å². The average Bonchev–Trinajstić information content (AvgIpc) is 3.69. The van der Waals surface area contributed by atoms with E-state index in [4.69, 9.17) is 14.2 Å². The molecule has 0 spiro atoms. The molecule has 2 aliphatic rings. The summed E-state index contributed by atoms with van der Waals surface area (Å²) in [7, 11) is 3.29. The zero-order chi connectivity index (χ0) is 24.3. The number of methoxy groups -OCH3 is 2. The molecule has 2 fully saturated rings. The average molecular weight is 546 g/mol. The van der Waals surface area contributed by atoms with E-state index >= 15 is 0 Å². The predicted octanol–water partition coefficient (Wildman–Crippen LogP) is 5.26. The highest BCUT2D eigenvalue weighted by Gasteiger charge is 2.64. The molecule has 0 aromatic heterocycles. The SMILES string of the molecule is COc1ccc(C2(C(=O)OC(c3ccccc3)N3CCN(c4ccccc4)CC3)CC2OC)cc1.Cl.Cl. The van der Waals surface area contributed by atoms with Gasteiger partial charge in [-0.2, -0.15) is 0 Å². The number of nitrogens with zero attached hydrogens (tertiary/aromatic N) is 2. The zero-order valence-electron chi connectivity index (χ0n) is 21.1. The number of halogens is 2. The van der Waals surface area contributed by atoms with Gasteiger partial charge in [0.1, 0.15) is 11.2 Å². The third-order valence-electron chi connectivity index (χ3n) is 7.22. The van der Waals surface area contributed by atoms with Crippen molar-refractivity contribution in [3.8, 4) is 5.75 Å². The Morgan fingerprint density at radius 3 is 1.97 bits per heavy atom. The number of rotatable bonds is 8. The highest BCUT2D eigenvalue weighted by atomic mass is 35.5. The molecule has 8 heteroatoms. The van der Waals surface area contributed by atoms with Crippen molar-refractivity contribution in [2.75, 3.05) is 45.3 Å². The number of carbonyl (C=O) groups excluding carboxylic acids is 1. The Labute approximate surface area is 231 Å². The van der Waals surface area contributed by atoms with Crippen molar-refractivity contribution in [1.29, 1.82) is 0 Å². The summed E-state index contributed by atoms with van der Waals surface area (Å²) in [5, 5.41) is 0. The first kappa shape index (κ1) is 28.8. The highest BCUT2D eigenvalue weighted by Crippen LogP contribution is 2.52. The first-order valence-electron chi connectivity index (χ1n) is 12.1. The Morgan fingerprint density at radius 2 is 1.43 bits per heavy atom. The van der Waals surface area contributed by atoms with Gasteiger partial charge in [0.05, 0.1) is 13.2 Å². The molecule has 5 rings (SSSR count). The van der Waals surface area contributed by atoms with E-state index < -0.39 is 11.6 Å². The maximum absolute atomic E-state index is 13.8. The van der Waals surface area contributed by atoms with Crippen molar-refractivity contribution >= 4 is 36.5 Å². The summed E-state index contributed by atoms with van der Waals surface area (Å²) < 4.78 is 17.3. The van der Waals surface area contributed by atoms with Gasteiger partial charge in [-0.3, -0.25) is 9.69 Å². The molecule has 3 unspecified atom stereocenters. The van der Waals surface area contributed by atoms with Gasteiger partial charge < -0.3 is 19.1 Å². The lowest BCUT2D eigenvalue weighted by molar-refractivity contribution is -0.165. The standard InChI is InChI=1S/C29H32N2O4.2ClH/c1-33-25-15-13-23(14-16-25)29(21-26(29)34-2)28(32)35-27(22-9-5-3-6-10-22)31-19-17-30(18-20-31)24-11-7-4-8-12-24;;/h3-16,26-27H,17-21H2,1-2H3;2*1H. The number of para-hydroxylation sites is 1. The van der Waals surface area contributed by atoms with E-state index in [1.165, 1.54) is 5.69 Å². The normalized spacial score (nSPS) is 21.7. The minimum Gasteiger partial charge on any atom is -0.497 e. The molecule has 3 aromatic carbocycles. The van der Waals surface area contributed by atoms with Crippen LogP contribution in [0, 0.1) is 0 Å². The summed E-state index contributed by atoms with van der Waals surface area (Å²) in [6.45, 7) is 3.33. The molecule has 0 radical (unpaired) electrons. The molecule has 1 heterocycles. The van der Waals surface area contributed by atoms with E-state index in [-0.39, 0.29) is 36.9 Å². The molecule has 3 aromatic rings. The summed E-state index contributed by atoms with van der Waals surface area (Å²) in [5.74, 6) is 0.513. The Bertz CT molecular complexity index is 1130. The van der Waals surface area contributed by atoms with Crippen LogP contribution in [0.2, 0.25) is 0 Å². The van der Waals surface area contributed by atoms with Crippen LogP contribution >= 0.6 is 24.8 Å². The van der Waals surface area contributed by atoms with E-state index in [0.29, 0.717) is 6.42 Å². The van der Waals surface area contributed by atoms with Gasteiger partial charge in [-0.1, -0.05) is 60.7 Å². The summed E-state index contributed by atoms with van der Waals surface area (Å²) in [6, 6.07) is 28.1. The van der Waals surface area contributed by atoms with Gasteiger partial charge in [0, 0.05) is 44.5 Å². The van der Waals surface area contributed by atoms with Gasteiger partial charge in [0.15, 0.2) is 6.23 Å². The lowest BCUT2D eigenvalue weighted by Crippen LogP contribution is -2.49. The summed E-state index contributed by atoms with van der Waals surface area (Å²) in [5.41, 5.74) is 2.31. The third-order valence-corrected chi connectivity index (χ3v) is 7.22. The number of benzene rings is 3. The van der Waals surface area contributed by atoms with Gasteiger partial charge in [-0.15, -0.1) is 24.8 Å². The van der Waals surface area contributed by atoms with Crippen LogP contribution in [-0.4, -0.2) is 57.4 Å². The molecular weight excluding hydrogens is 511 g/mol. The van der Waals surface area contributed by atoms with Crippen LogP contribution in [-0.2, 0) is 19.7 Å². The molecule has 0 bridgehead atoms. The molecule has 1 saturated carbocycles. The maximum Gasteiger partial charge on any atom is 0.321 e. The molecule has 198 valence electrons. The Hall–Kier alpha value is -2.77. The molecular formula is C29H34Cl2N2O4. The fraction of sp³-hybridized carbons (Fsp3) is 0.345. The van der Waals surface area contributed by atoms with E-state index in [1.807, 2.05) is 60.7 Å². The van der Waals surface area contributed by atoms with Crippen LogP contribution in [0.25, 0.3) is 0 Å². The number of esters is 1. The predicted molar refractivity (Wildman–Crippen MR) is 150 cm³/mol. The molecule has 37 heavy (non-hydrogen) atoms. The second-order valence-electron chi connectivity index (χ2n) is 9.16. The fourth-order valence-electron chi connectivity index (χ4n) is 5.07. The third kappa shape index (κ3) is 5.88. The van der Waals surface area contributed by atoms with Crippen LogP contribution in [0.4, 0.5) is 5.69 Å². The van der Waals surface area contributed by atoms with Crippen molar-refractivity contribution in [2.24, 2.45) is 0 Å². The van der Waals surface area contributed by atoms with Gasteiger partial charge in [-0.25, -0.2) is 0 Å². The number of piperazine rings is 1. The second kappa shape index (κ2) is 12.7. The number of carbonyl (C=O) groups is 1. The molecule has 1 aliphatic heterocycles. The van der Waals surface area contributed by atoms with Gasteiger partial charge in [0.2, 0.25) is 0 Å². The van der Waals surface area contributed by atoms with Gasteiger partial charge in [-0.05, 0) is 36.2 Å². The number of hydrogen-bond donors (Lipinski definition) is 0. The lowest BCUT2D eigenvalue weighted by Gasteiger charge is -2.40. The quantitative estimate of drug-likeness (QED) is 0.360. The molecule has 0 N–H and O–H groups in total. The van der Waals surface area contributed by atoms with Gasteiger partial charge >= 0.3 is 5.97 Å². The maximum atomic E-state index is 13.8. The topological polar surface area (TPSA) is 51.2 Å². The minimum atomic E-state index is -0.792. The van der Waals surface area contributed by atoms with Crippen molar-refractivity contribution in [3.05, 3.63) is 96.1 Å². The number of hydrogen-bond acceptors (Lipinski definition) is 6. The van der Waals surface area contributed by atoms with Gasteiger partial charge in [0.25, 0.3) is 0 Å². The summed E-state index contributed by atoms with van der Waals surface area (Å²) in [6.07, 6.45) is -0.0394. The van der Waals surface area contributed by atoms with Crippen molar-refractivity contribution < 1.29 is 19.0 Å². The summed E-state index contributed by atoms with van der Waals surface area (Å²) >= 11 is 0. The summed E-state index contributed by atoms with van der Waals surface area (Å²) in [4.78, 5) is 18.4. The molecule has 1 aliphatic carbocycles. The van der Waals surface area contributed by atoms with Crippen LogP contribution in [0.15, 0.2) is 84.9 Å². The molecule has 6 nitrogen and oxygen atoms in total. The second-order valence-corrected chi connectivity index (χ2v) is 9.16. The van der Waals surface area contributed by atoms with Crippen molar-refractivity contribution in [1.82, 2.24) is 4.90 Å². The van der Waals surface area contributed by atoms with E-state index in [1.54, 1.807) is 14.2 Å². The van der Waals surface area contributed by atoms with E-state index in [0.717, 1.165) is 43.1 Å². The highest BCUT2D eigenvalue weighted by molar-refractivity contribution is 5.88. The molecule has 3 atom stereocenters. The van der Waals surface area contributed by atoms with E-state index in [9.17, 15) is 4.79 Å². The first-order valence-corrected chi connectivity index (χ1v) is 12.1.